The highest BCUT2D eigenvalue weighted by molar-refractivity contribution is 5.64. The topological polar surface area (TPSA) is 77.0 Å². The van der Waals surface area contributed by atoms with Gasteiger partial charge in [-0.05, 0) is 37.6 Å². The number of carbonyl (C=O) groups excluding carboxylic acids is 1. The molecule has 0 radical (unpaired) electrons. The van der Waals surface area contributed by atoms with Gasteiger partial charge < -0.3 is 20.4 Å². The minimum atomic E-state index is -1.03. The SMILES string of the molecule is CCOc1ccc([C@H]([NH3+])CCC(=O)[O-])cc1. The van der Waals surface area contributed by atoms with Crippen molar-refractivity contribution in [3.05, 3.63) is 29.8 Å². The predicted octanol–water partition coefficient (Wildman–Crippen LogP) is -0.102. The molecular weight excluding hydrogens is 206 g/mol. The van der Waals surface area contributed by atoms with Crippen molar-refractivity contribution in [3.63, 3.8) is 0 Å². The third kappa shape index (κ3) is 3.90. The summed E-state index contributed by atoms with van der Waals surface area (Å²) in [7, 11) is 0. The molecule has 3 N–H and O–H groups in total. The lowest BCUT2D eigenvalue weighted by molar-refractivity contribution is -0.428. The van der Waals surface area contributed by atoms with Crippen LogP contribution in [0.25, 0.3) is 0 Å². The monoisotopic (exact) mass is 223 g/mol. The largest absolute Gasteiger partial charge is 0.550 e. The average Bonchev–Trinajstić information content (AvgIpc) is 2.27. The van der Waals surface area contributed by atoms with Crippen LogP contribution in [-0.2, 0) is 4.79 Å². The third-order valence-corrected chi connectivity index (χ3v) is 2.36. The number of quaternary nitrogens is 1. The number of hydrogen-bond acceptors (Lipinski definition) is 3. The van der Waals surface area contributed by atoms with Gasteiger partial charge in [-0.15, -0.1) is 0 Å². The second-order valence-corrected chi connectivity index (χ2v) is 3.61. The van der Waals surface area contributed by atoms with Gasteiger partial charge in [0, 0.05) is 18.0 Å². The molecule has 4 heteroatoms. The van der Waals surface area contributed by atoms with Crippen molar-refractivity contribution in [1.29, 1.82) is 0 Å². The normalized spacial score (nSPS) is 12.1. The number of benzene rings is 1. The van der Waals surface area contributed by atoms with Crippen LogP contribution in [0.1, 0.15) is 31.4 Å². The highest BCUT2D eigenvalue weighted by Gasteiger charge is 2.09. The number of hydrogen-bond donors (Lipinski definition) is 1. The van der Waals surface area contributed by atoms with Crippen LogP contribution in [0.5, 0.6) is 5.75 Å². The van der Waals surface area contributed by atoms with Crippen LogP contribution in [-0.4, -0.2) is 12.6 Å². The molecule has 16 heavy (non-hydrogen) atoms. The molecule has 0 aromatic heterocycles. The molecule has 0 saturated heterocycles. The molecule has 0 aliphatic heterocycles. The molecule has 0 saturated carbocycles. The van der Waals surface area contributed by atoms with Crippen LogP contribution in [0.15, 0.2) is 24.3 Å². The molecule has 1 aromatic carbocycles. The Balaban J connectivity index is 2.55. The Labute approximate surface area is 95.0 Å². The van der Waals surface area contributed by atoms with Crippen LogP contribution in [0.4, 0.5) is 0 Å². The number of rotatable bonds is 6. The number of carbonyl (C=O) groups is 1. The van der Waals surface area contributed by atoms with Gasteiger partial charge in [0.15, 0.2) is 0 Å². The Morgan fingerprint density at radius 1 is 1.44 bits per heavy atom. The zero-order chi connectivity index (χ0) is 12.0. The maximum atomic E-state index is 10.3. The molecule has 0 unspecified atom stereocenters. The maximum absolute atomic E-state index is 10.3. The Hall–Kier alpha value is -1.55. The van der Waals surface area contributed by atoms with Crippen molar-refractivity contribution in [2.24, 2.45) is 0 Å². The van der Waals surface area contributed by atoms with E-state index in [1.165, 1.54) is 0 Å². The lowest BCUT2D eigenvalue weighted by atomic mass is 10.0. The summed E-state index contributed by atoms with van der Waals surface area (Å²) < 4.78 is 5.31. The van der Waals surface area contributed by atoms with Gasteiger partial charge in [0.05, 0.1) is 6.61 Å². The highest BCUT2D eigenvalue weighted by atomic mass is 16.5. The van der Waals surface area contributed by atoms with E-state index in [0.717, 1.165) is 11.3 Å². The Bertz CT molecular complexity index is 335. The summed E-state index contributed by atoms with van der Waals surface area (Å²) in [5, 5.41) is 10.3. The van der Waals surface area contributed by atoms with Crippen molar-refractivity contribution in [2.45, 2.75) is 25.8 Å². The second-order valence-electron chi connectivity index (χ2n) is 3.61. The lowest BCUT2D eigenvalue weighted by Crippen LogP contribution is -2.53. The molecule has 1 aromatic rings. The highest BCUT2D eigenvalue weighted by Crippen LogP contribution is 2.18. The molecule has 0 fully saturated rings. The molecule has 1 atom stereocenters. The van der Waals surface area contributed by atoms with Crippen LogP contribution in [0.2, 0.25) is 0 Å². The summed E-state index contributed by atoms with van der Waals surface area (Å²) in [6.45, 7) is 2.57. The van der Waals surface area contributed by atoms with Gasteiger partial charge >= 0.3 is 0 Å². The molecule has 4 nitrogen and oxygen atoms in total. The predicted molar refractivity (Wildman–Crippen MR) is 57.5 cm³/mol. The first kappa shape index (κ1) is 12.5. The van der Waals surface area contributed by atoms with E-state index >= 15 is 0 Å². The van der Waals surface area contributed by atoms with Crippen LogP contribution >= 0.6 is 0 Å². The van der Waals surface area contributed by atoms with Gasteiger partial charge in [0.1, 0.15) is 11.8 Å². The molecule has 0 heterocycles. The molecule has 0 aliphatic rings. The second kappa shape index (κ2) is 6.12. The summed E-state index contributed by atoms with van der Waals surface area (Å²) in [6, 6.07) is 7.55. The van der Waals surface area contributed by atoms with Crippen molar-refractivity contribution in [2.75, 3.05) is 6.61 Å². The third-order valence-electron chi connectivity index (χ3n) is 2.36. The quantitative estimate of drug-likeness (QED) is 0.731. The Morgan fingerprint density at radius 3 is 2.56 bits per heavy atom. The van der Waals surface area contributed by atoms with Crippen LogP contribution < -0.4 is 15.6 Å². The van der Waals surface area contributed by atoms with Gasteiger partial charge in [0.25, 0.3) is 0 Å². The van der Waals surface area contributed by atoms with E-state index in [0.29, 0.717) is 13.0 Å². The summed E-state index contributed by atoms with van der Waals surface area (Å²) in [4.78, 5) is 10.3. The minimum absolute atomic E-state index is 0.0198. The molecule has 0 spiro atoms. The van der Waals surface area contributed by atoms with E-state index in [1.807, 2.05) is 31.2 Å². The van der Waals surface area contributed by atoms with Crippen LogP contribution in [0.3, 0.4) is 0 Å². The van der Waals surface area contributed by atoms with Gasteiger partial charge in [0.2, 0.25) is 0 Å². The molecule has 0 aliphatic carbocycles. The zero-order valence-corrected chi connectivity index (χ0v) is 9.44. The van der Waals surface area contributed by atoms with Gasteiger partial charge in [-0.3, -0.25) is 0 Å². The molecule has 0 bridgehead atoms. The minimum Gasteiger partial charge on any atom is -0.550 e. The standard InChI is InChI=1S/C12H17NO3/c1-2-16-10-5-3-9(4-6-10)11(13)7-8-12(14)15/h3-6,11H,2,7-8,13H2,1H3,(H,14,15)/t11-/m1/s1. The fourth-order valence-electron chi connectivity index (χ4n) is 1.46. The van der Waals surface area contributed by atoms with Gasteiger partial charge in [-0.2, -0.15) is 0 Å². The summed E-state index contributed by atoms with van der Waals surface area (Å²) in [5.41, 5.74) is 4.94. The molecular formula is C12H17NO3. The fraction of sp³-hybridized carbons (Fsp3) is 0.417. The first-order valence-corrected chi connectivity index (χ1v) is 5.39. The summed E-state index contributed by atoms with van der Waals surface area (Å²) in [5.74, 6) is -0.210. The van der Waals surface area contributed by atoms with Gasteiger partial charge in [-0.25, -0.2) is 0 Å². The molecule has 0 amide bonds. The zero-order valence-electron chi connectivity index (χ0n) is 9.44. The summed E-state index contributed by atoms with van der Waals surface area (Å²) >= 11 is 0. The Kier molecular flexibility index (Phi) is 4.79. The number of carboxylic acid groups (broad SMARTS) is 1. The van der Waals surface area contributed by atoms with Crippen molar-refractivity contribution in [3.8, 4) is 5.75 Å². The average molecular weight is 223 g/mol. The smallest absolute Gasteiger partial charge is 0.119 e. The van der Waals surface area contributed by atoms with E-state index < -0.39 is 5.97 Å². The maximum Gasteiger partial charge on any atom is 0.119 e. The van der Waals surface area contributed by atoms with Gasteiger partial charge in [-0.1, -0.05) is 0 Å². The van der Waals surface area contributed by atoms with Crippen LogP contribution in [0, 0.1) is 0 Å². The van der Waals surface area contributed by atoms with Crippen molar-refractivity contribution < 1.29 is 20.4 Å². The van der Waals surface area contributed by atoms with E-state index in [9.17, 15) is 9.90 Å². The number of ether oxygens (including phenoxy) is 1. The molecule has 88 valence electrons. The van der Waals surface area contributed by atoms with Crippen molar-refractivity contribution in [1.82, 2.24) is 0 Å². The number of carboxylic acids is 1. The van der Waals surface area contributed by atoms with E-state index in [1.54, 1.807) is 0 Å². The molecule has 1 rings (SSSR count). The van der Waals surface area contributed by atoms with E-state index in [-0.39, 0.29) is 12.5 Å². The fourth-order valence-corrected chi connectivity index (χ4v) is 1.46. The van der Waals surface area contributed by atoms with Crippen molar-refractivity contribution >= 4 is 5.97 Å². The Morgan fingerprint density at radius 2 is 2.06 bits per heavy atom. The van der Waals surface area contributed by atoms with E-state index in [2.05, 4.69) is 5.73 Å². The lowest BCUT2D eigenvalue weighted by Gasteiger charge is -2.10. The first-order chi connectivity index (χ1) is 7.63. The summed E-state index contributed by atoms with van der Waals surface area (Å²) in [6.07, 6.45) is 0.539. The first-order valence-electron chi connectivity index (χ1n) is 5.39. The number of aliphatic carboxylic acids is 1. The van der Waals surface area contributed by atoms with E-state index in [4.69, 9.17) is 4.74 Å².